The zero-order valence-corrected chi connectivity index (χ0v) is 15.0. The zero-order valence-electron chi connectivity index (χ0n) is 10.1. The fourth-order valence-corrected chi connectivity index (χ4v) is 10.6. The van der Waals surface area contributed by atoms with Gasteiger partial charge in [-0.15, -0.1) is 0 Å². The monoisotopic (exact) mass is 404 g/mol. The van der Waals surface area contributed by atoms with Gasteiger partial charge in [-0.3, -0.25) is 0 Å². The Kier molecular flexibility index (Phi) is 5.79. The molecule has 1 heterocycles. The van der Waals surface area contributed by atoms with Crippen LogP contribution in [0.3, 0.4) is 0 Å². The molecular formula is C11H14BrInO4. The van der Waals surface area contributed by atoms with Crippen molar-refractivity contribution in [2.75, 3.05) is 13.2 Å². The normalized spacial score (nSPS) is 14.8. The van der Waals surface area contributed by atoms with Crippen LogP contribution in [0.15, 0.2) is 17.2 Å². The van der Waals surface area contributed by atoms with Crippen LogP contribution in [0, 0.1) is 0 Å². The quantitative estimate of drug-likeness (QED) is 0.671. The van der Waals surface area contributed by atoms with Crippen LogP contribution in [0.1, 0.15) is 13.8 Å². The first-order valence-corrected chi connectivity index (χ1v) is 13.0. The Morgan fingerprint density at radius 3 is 2.59 bits per heavy atom. The van der Waals surface area contributed by atoms with E-state index in [4.69, 9.17) is 9.47 Å². The summed E-state index contributed by atoms with van der Waals surface area (Å²) < 4.78 is 16.0. The Balaban J connectivity index is 2.92. The van der Waals surface area contributed by atoms with Gasteiger partial charge in [0.15, 0.2) is 0 Å². The topological polar surface area (TPSA) is 52.6 Å². The van der Waals surface area contributed by atoms with E-state index in [2.05, 4.69) is 24.4 Å². The summed E-state index contributed by atoms with van der Waals surface area (Å²) in [5, 5.41) is 0. The van der Waals surface area contributed by atoms with E-state index in [1.54, 1.807) is 6.92 Å². The molecule has 92 valence electrons. The first-order valence-electron chi connectivity index (χ1n) is 5.38. The van der Waals surface area contributed by atoms with Crippen molar-refractivity contribution in [1.82, 2.24) is 0 Å². The SMILES string of the molecule is CCOC(=O)C1=[C](COC(C)=O)[In]([CH3])[CH]=C1Br. The van der Waals surface area contributed by atoms with E-state index in [-0.39, 0.29) is 18.5 Å². The van der Waals surface area contributed by atoms with E-state index in [1.807, 2.05) is 0 Å². The summed E-state index contributed by atoms with van der Waals surface area (Å²) in [5.74, 6) is -0.666. The molecule has 1 aliphatic heterocycles. The van der Waals surface area contributed by atoms with Crippen LogP contribution < -0.4 is 0 Å². The van der Waals surface area contributed by atoms with E-state index in [0.717, 1.165) is 7.81 Å². The van der Waals surface area contributed by atoms with Crippen LogP contribution >= 0.6 is 15.9 Å². The van der Waals surface area contributed by atoms with Gasteiger partial charge in [0, 0.05) is 0 Å². The number of hydrogen-bond acceptors (Lipinski definition) is 4. The molecule has 0 aliphatic carbocycles. The summed E-state index contributed by atoms with van der Waals surface area (Å²) >= 11 is 1.34. The minimum absolute atomic E-state index is 0.215. The predicted molar refractivity (Wildman–Crippen MR) is 68.9 cm³/mol. The fraction of sp³-hybridized carbons (Fsp3) is 0.455. The number of esters is 2. The first-order chi connectivity index (χ1) is 7.97. The molecule has 1 aliphatic rings. The van der Waals surface area contributed by atoms with Gasteiger partial charge in [-0.1, -0.05) is 0 Å². The molecule has 0 aromatic heterocycles. The van der Waals surface area contributed by atoms with Crippen molar-refractivity contribution in [2.24, 2.45) is 0 Å². The Morgan fingerprint density at radius 1 is 1.41 bits per heavy atom. The summed E-state index contributed by atoms with van der Waals surface area (Å²) in [5.41, 5.74) is 0.566. The molecular weight excluding hydrogens is 391 g/mol. The molecule has 1 rings (SSSR count). The van der Waals surface area contributed by atoms with Crippen LogP contribution in [-0.4, -0.2) is 46.6 Å². The molecule has 4 nitrogen and oxygen atoms in total. The second-order valence-corrected chi connectivity index (χ2v) is 12.0. The van der Waals surface area contributed by atoms with E-state index in [9.17, 15) is 9.59 Å². The Hall–Kier alpha value is -0.230. The van der Waals surface area contributed by atoms with Gasteiger partial charge in [-0.25, -0.2) is 0 Å². The van der Waals surface area contributed by atoms with Gasteiger partial charge < -0.3 is 0 Å². The van der Waals surface area contributed by atoms with Crippen molar-refractivity contribution in [3.8, 4) is 0 Å². The second kappa shape index (κ2) is 6.64. The number of rotatable bonds is 4. The molecule has 0 spiro atoms. The van der Waals surface area contributed by atoms with Crippen molar-refractivity contribution >= 4 is 49.3 Å². The molecule has 17 heavy (non-hydrogen) atoms. The third kappa shape index (κ3) is 3.88. The van der Waals surface area contributed by atoms with E-state index >= 15 is 0 Å². The van der Waals surface area contributed by atoms with Crippen LogP contribution in [0.2, 0.25) is 4.68 Å². The van der Waals surface area contributed by atoms with Crippen molar-refractivity contribution < 1.29 is 19.1 Å². The first kappa shape index (κ1) is 14.8. The Morgan fingerprint density at radius 2 is 2.06 bits per heavy atom. The van der Waals surface area contributed by atoms with Crippen molar-refractivity contribution in [3.05, 3.63) is 17.2 Å². The molecule has 0 atom stereocenters. The predicted octanol–water partition coefficient (Wildman–Crippen LogP) is 1.90. The molecule has 0 unspecified atom stereocenters. The van der Waals surface area contributed by atoms with Crippen LogP contribution in [0.25, 0.3) is 0 Å². The van der Waals surface area contributed by atoms with Gasteiger partial charge in [-0.05, 0) is 0 Å². The van der Waals surface area contributed by atoms with Crippen molar-refractivity contribution in [1.29, 1.82) is 0 Å². The molecule has 0 N–H and O–H groups in total. The maximum atomic E-state index is 11.8. The van der Waals surface area contributed by atoms with Gasteiger partial charge in [-0.2, -0.15) is 0 Å². The minimum atomic E-state index is -2.04. The third-order valence-corrected chi connectivity index (χ3v) is 11.3. The Labute approximate surface area is 117 Å². The molecule has 0 aromatic rings. The number of carbonyl (C=O) groups excluding carboxylic acids is 2. The number of hydrogen-bond donors (Lipinski definition) is 0. The summed E-state index contributed by atoms with van der Waals surface area (Å²) in [4.78, 5) is 22.6. The standard InChI is InChI=1S/C10H11BrO4.CH3.In/c1-4-14-10(13)9(7(2)11)5-6-15-8(3)12;;/h2H,4,6H2,1,3H3;1H3;. The summed E-state index contributed by atoms with van der Waals surface area (Å²) in [7, 11) is 0. The van der Waals surface area contributed by atoms with Crippen LogP contribution in [0.5, 0.6) is 0 Å². The molecule has 6 heteroatoms. The zero-order chi connectivity index (χ0) is 13.0. The van der Waals surface area contributed by atoms with Crippen molar-refractivity contribution in [2.45, 2.75) is 18.5 Å². The number of carbonyl (C=O) groups is 2. The van der Waals surface area contributed by atoms with Crippen LogP contribution in [0.4, 0.5) is 0 Å². The second-order valence-electron chi connectivity index (χ2n) is 3.70. The maximum absolute atomic E-state index is 11.8. The molecule has 0 bridgehead atoms. The Bertz CT molecular complexity index is 400. The van der Waals surface area contributed by atoms with Gasteiger partial charge in [0.2, 0.25) is 0 Å². The number of halogens is 1. The summed E-state index contributed by atoms with van der Waals surface area (Å²) in [6.45, 7) is 3.69. The van der Waals surface area contributed by atoms with E-state index < -0.39 is 21.4 Å². The summed E-state index contributed by atoms with van der Waals surface area (Å²) in [6.07, 6.45) is 0. The third-order valence-electron chi connectivity index (χ3n) is 2.42. The van der Waals surface area contributed by atoms with E-state index in [0.29, 0.717) is 12.2 Å². The molecule has 0 aromatic carbocycles. The van der Waals surface area contributed by atoms with Gasteiger partial charge in [0.1, 0.15) is 0 Å². The van der Waals surface area contributed by atoms with Crippen LogP contribution in [-0.2, 0) is 19.1 Å². The average molecular weight is 405 g/mol. The summed E-state index contributed by atoms with van der Waals surface area (Å²) in [6, 6.07) is 0. The van der Waals surface area contributed by atoms with E-state index in [1.165, 1.54) is 6.92 Å². The van der Waals surface area contributed by atoms with Gasteiger partial charge in [0.05, 0.1) is 0 Å². The molecule has 0 saturated heterocycles. The fourth-order valence-electron chi connectivity index (χ4n) is 1.60. The molecule has 0 amide bonds. The van der Waals surface area contributed by atoms with Gasteiger partial charge >= 0.3 is 117 Å². The molecule has 0 fully saturated rings. The number of ether oxygens (including phenoxy) is 2. The molecule has 0 saturated carbocycles. The molecule has 0 radical (unpaired) electrons. The average Bonchev–Trinajstić information content (AvgIpc) is 2.50. The van der Waals surface area contributed by atoms with Gasteiger partial charge in [0.25, 0.3) is 0 Å². The van der Waals surface area contributed by atoms with Crippen molar-refractivity contribution in [3.63, 3.8) is 0 Å².